The fourth-order valence-corrected chi connectivity index (χ4v) is 4.39. The van der Waals surface area contributed by atoms with Gasteiger partial charge in [0.2, 0.25) is 5.43 Å². The molecule has 2 aliphatic heterocycles. The van der Waals surface area contributed by atoms with E-state index in [9.17, 15) is 23.5 Å². The number of carbonyl (C=O) groups is 1. The van der Waals surface area contributed by atoms with Crippen LogP contribution in [0.5, 0.6) is 5.75 Å². The zero-order valence-corrected chi connectivity index (χ0v) is 17.5. The lowest BCUT2D eigenvalue weighted by Crippen LogP contribution is -2.55. The number of hydrogen-bond acceptors (Lipinski definition) is 5. The largest absolute Gasteiger partial charge is 0.502 e. The predicted molar refractivity (Wildman–Crippen MR) is 116 cm³/mol. The van der Waals surface area contributed by atoms with Gasteiger partial charge in [0.25, 0.3) is 5.91 Å². The molecule has 1 atom stereocenters. The molecule has 1 amide bonds. The van der Waals surface area contributed by atoms with Crippen molar-refractivity contribution in [1.29, 1.82) is 0 Å². The number of aryl methyl sites for hydroxylation is 1. The van der Waals surface area contributed by atoms with Crippen molar-refractivity contribution in [3.05, 3.63) is 105 Å². The van der Waals surface area contributed by atoms with Gasteiger partial charge in [-0.2, -0.15) is 0 Å². The highest BCUT2D eigenvalue weighted by molar-refractivity contribution is 5.96. The number of aromatic hydroxyl groups is 1. The van der Waals surface area contributed by atoms with Crippen LogP contribution in [0.3, 0.4) is 0 Å². The summed E-state index contributed by atoms with van der Waals surface area (Å²) in [6, 6.07) is 7.69. The second-order valence-corrected chi connectivity index (χ2v) is 7.99. The molecule has 2 aromatic heterocycles. The Bertz CT molecular complexity index is 1340. The normalized spacial score (nSPS) is 18.8. The van der Waals surface area contributed by atoms with E-state index < -0.39 is 34.8 Å². The number of pyridine rings is 2. The number of hydrogen-bond donors (Lipinski definition) is 1. The van der Waals surface area contributed by atoms with Crippen LogP contribution in [0.15, 0.2) is 65.7 Å². The van der Waals surface area contributed by atoms with Gasteiger partial charge in [0.1, 0.15) is 18.3 Å². The van der Waals surface area contributed by atoms with Crippen LogP contribution in [0.25, 0.3) is 0 Å². The maximum absolute atomic E-state index is 14.4. The van der Waals surface area contributed by atoms with Crippen LogP contribution in [-0.2, 0) is 6.42 Å². The fraction of sp³-hybridized carbons (Fsp3) is 0.208. The average molecular weight is 450 g/mol. The first-order valence-electron chi connectivity index (χ1n) is 10.5. The second-order valence-electron chi connectivity index (χ2n) is 7.99. The zero-order chi connectivity index (χ0) is 23.1. The molecule has 3 aromatic rings. The minimum absolute atomic E-state index is 0.0512. The Hall–Kier alpha value is -4.01. The third-order valence-electron chi connectivity index (χ3n) is 5.90. The fourth-order valence-electron chi connectivity index (χ4n) is 4.39. The Labute approximate surface area is 187 Å². The van der Waals surface area contributed by atoms with Crippen LogP contribution < -0.4 is 10.4 Å². The highest BCUT2D eigenvalue weighted by Crippen LogP contribution is 2.34. The number of carbonyl (C=O) groups excluding carboxylic acids is 1. The van der Waals surface area contributed by atoms with Crippen LogP contribution in [0, 0.1) is 11.6 Å². The predicted octanol–water partition coefficient (Wildman–Crippen LogP) is 2.87. The summed E-state index contributed by atoms with van der Waals surface area (Å²) in [6.45, 7) is 0.293. The third-order valence-corrected chi connectivity index (χ3v) is 5.90. The van der Waals surface area contributed by atoms with E-state index >= 15 is 0 Å². The van der Waals surface area contributed by atoms with E-state index in [1.54, 1.807) is 17.1 Å². The summed E-state index contributed by atoms with van der Waals surface area (Å²) in [5.41, 5.74) is 0.761. The summed E-state index contributed by atoms with van der Waals surface area (Å²) < 4.78 is 30.1. The van der Waals surface area contributed by atoms with E-state index in [0.717, 1.165) is 12.3 Å². The molecule has 0 aliphatic carbocycles. The number of allylic oxidation sites excluding steroid dienone is 1. The van der Waals surface area contributed by atoms with Crippen molar-refractivity contribution in [2.24, 2.45) is 0 Å². The molecule has 2 aliphatic rings. The van der Waals surface area contributed by atoms with Crippen molar-refractivity contribution in [1.82, 2.24) is 14.6 Å². The first-order valence-corrected chi connectivity index (χ1v) is 10.5. The van der Waals surface area contributed by atoms with Gasteiger partial charge in [-0.05, 0) is 36.6 Å². The zero-order valence-electron chi connectivity index (χ0n) is 17.5. The molecule has 2 bridgehead atoms. The van der Waals surface area contributed by atoms with Gasteiger partial charge in [0, 0.05) is 30.1 Å². The van der Waals surface area contributed by atoms with E-state index in [-0.39, 0.29) is 18.9 Å². The first kappa shape index (κ1) is 20.9. The van der Waals surface area contributed by atoms with Crippen molar-refractivity contribution < 1.29 is 18.7 Å². The van der Waals surface area contributed by atoms with Crippen LogP contribution in [-0.4, -0.2) is 38.8 Å². The van der Waals surface area contributed by atoms with Crippen molar-refractivity contribution in [3.8, 4) is 5.75 Å². The molecule has 33 heavy (non-hydrogen) atoms. The smallest absolute Gasteiger partial charge is 0.278 e. The van der Waals surface area contributed by atoms with Crippen LogP contribution in [0.4, 0.5) is 8.78 Å². The number of fused-ring (bicyclic) bond motifs is 5. The van der Waals surface area contributed by atoms with Gasteiger partial charge in [-0.3, -0.25) is 24.3 Å². The lowest BCUT2D eigenvalue weighted by molar-refractivity contribution is 0.0701. The van der Waals surface area contributed by atoms with Crippen LogP contribution in [0.1, 0.15) is 39.8 Å². The van der Waals surface area contributed by atoms with Gasteiger partial charge >= 0.3 is 0 Å². The van der Waals surface area contributed by atoms with E-state index in [4.69, 9.17) is 0 Å². The van der Waals surface area contributed by atoms with Gasteiger partial charge in [-0.25, -0.2) is 8.78 Å². The topological polar surface area (TPSA) is 78.7 Å². The second kappa shape index (κ2) is 8.16. The first-order chi connectivity index (χ1) is 15.9. The van der Waals surface area contributed by atoms with Crippen molar-refractivity contribution >= 4 is 5.91 Å². The molecule has 168 valence electrons. The van der Waals surface area contributed by atoms with Gasteiger partial charge in [-0.1, -0.05) is 24.3 Å². The van der Waals surface area contributed by atoms with E-state index in [0.29, 0.717) is 29.7 Å². The average Bonchev–Trinajstić information content (AvgIpc) is 2.82. The summed E-state index contributed by atoms with van der Waals surface area (Å²) in [6.07, 6.45) is 7.40. The Morgan fingerprint density at radius 2 is 1.91 bits per heavy atom. The number of aromatic nitrogens is 2. The molecule has 4 heterocycles. The van der Waals surface area contributed by atoms with Gasteiger partial charge in [-0.15, -0.1) is 0 Å². The Balaban J connectivity index is 1.82. The SMILES string of the molecule is O=C1c2c(O)c(=O)ccn2N2CN1C/C=C\CCc1ncc(F)cc1[C@@H]2c1cccc(F)c1. The van der Waals surface area contributed by atoms with E-state index in [1.807, 2.05) is 12.2 Å². The summed E-state index contributed by atoms with van der Waals surface area (Å²) in [7, 11) is 0. The summed E-state index contributed by atoms with van der Waals surface area (Å²) in [5, 5.41) is 12.2. The summed E-state index contributed by atoms with van der Waals surface area (Å²) in [4.78, 5) is 31.1. The molecule has 0 unspecified atom stereocenters. The number of nitrogens with zero attached hydrogens (tertiary/aromatic N) is 4. The highest BCUT2D eigenvalue weighted by Gasteiger charge is 2.37. The molecule has 1 N–H and O–H groups in total. The third kappa shape index (κ3) is 3.65. The van der Waals surface area contributed by atoms with Gasteiger partial charge in [0.05, 0.1) is 12.2 Å². The number of rotatable bonds is 1. The summed E-state index contributed by atoms with van der Waals surface area (Å²) in [5.74, 6) is -2.21. The maximum atomic E-state index is 14.4. The van der Waals surface area contributed by atoms with Crippen LogP contribution >= 0.6 is 0 Å². The monoisotopic (exact) mass is 450 g/mol. The lowest BCUT2D eigenvalue weighted by Gasteiger charge is -2.44. The number of amides is 1. The van der Waals surface area contributed by atoms with Crippen molar-refractivity contribution in [3.63, 3.8) is 0 Å². The maximum Gasteiger partial charge on any atom is 0.278 e. The Kier molecular flexibility index (Phi) is 5.16. The van der Waals surface area contributed by atoms with E-state index in [1.165, 1.54) is 34.0 Å². The van der Waals surface area contributed by atoms with Gasteiger partial charge in [0.15, 0.2) is 11.4 Å². The molecule has 0 spiro atoms. The lowest BCUT2D eigenvalue weighted by atomic mass is 9.94. The molecular formula is C24H20F2N4O3. The molecule has 0 radical (unpaired) electrons. The molecular weight excluding hydrogens is 430 g/mol. The van der Waals surface area contributed by atoms with E-state index in [2.05, 4.69) is 4.98 Å². The Morgan fingerprint density at radius 3 is 2.73 bits per heavy atom. The quantitative estimate of drug-likeness (QED) is 0.577. The minimum atomic E-state index is -0.756. The molecule has 1 aromatic carbocycles. The standard InChI is InChI=1S/C24H20F2N4O3/c25-16-6-4-5-15(11-16)21-18-12-17(26)13-27-19(18)7-2-1-3-9-28-14-30(21)29-10-8-20(31)23(32)22(29)24(28)33/h1,3-6,8,10-13,21,32H,2,7,9,14H2/b3-1-/t21-/m0/s1. The number of halogens is 2. The molecule has 0 fully saturated rings. The summed E-state index contributed by atoms with van der Waals surface area (Å²) >= 11 is 0. The molecule has 0 saturated heterocycles. The molecule has 9 heteroatoms. The molecule has 7 nitrogen and oxygen atoms in total. The number of benzene rings is 1. The van der Waals surface area contributed by atoms with Gasteiger partial charge < -0.3 is 10.0 Å². The minimum Gasteiger partial charge on any atom is -0.502 e. The van der Waals surface area contributed by atoms with Crippen molar-refractivity contribution in [2.75, 3.05) is 18.2 Å². The molecule has 5 rings (SSSR count). The Morgan fingerprint density at radius 1 is 1.06 bits per heavy atom. The van der Waals surface area contributed by atoms with Crippen molar-refractivity contribution in [2.45, 2.75) is 18.9 Å². The highest BCUT2D eigenvalue weighted by atomic mass is 19.1. The van der Waals surface area contributed by atoms with Crippen LogP contribution in [0.2, 0.25) is 0 Å². The molecule has 0 saturated carbocycles.